The van der Waals surface area contributed by atoms with Gasteiger partial charge in [-0.2, -0.15) is 0 Å². The lowest BCUT2D eigenvalue weighted by atomic mass is 9.95. The number of likely N-dealkylation sites (N-methyl/N-ethyl adjacent to an activating group) is 1. The summed E-state index contributed by atoms with van der Waals surface area (Å²) >= 11 is 0. The van der Waals surface area contributed by atoms with Crippen molar-refractivity contribution in [1.82, 2.24) is 15.2 Å². The first-order valence-electron chi connectivity index (χ1n) is 7.75. The van der Waals surface area contributed by atoms with Crippen molar-refractivity contribution < 1.29 is 4.79 Å². The third-order valence-electron chi connectivity index (χ3n) is 4.20. The number of benzene rings is 1. The standard InChI is InChI=1S/C18H21N3O.ClH/c1-2-21(13-14-7-9-19-10-8-14)18(22)17-11-15-5-3-4-6-16(15)12-20-17;/h3-10,17,20H,2,11-13H2,1H3;1H. The average Bonchev–Trinajstić information content (AvgIpc) is 2.59. The molecule has 5 heteroatoms. The van der Waals surface area contributed by atoms with E-state index < -0.39 is 0 Å². The topological polar surface area (TPSA) is 45.2 Å². The van der Waals surface area contributed by atoms with Crippen molar-refractivity contribution in [1.29, 1.82) is 0 Å². The Hall–Kier alpha value is -1.91. The number of halogens is 1. The van der Waals surface area contributed by atoms with Crippen molar-refractivity contribution in [3.63, 3.8) is 0 Å². The molecule has 2 aromatic rings. The molecule has 3 rings (SSSR count). The summed E-state index contributed by atoms with van der Waals surface area (Å²) in [6.45, 7) is 4.13. The smallest absolute Gasteiger partial charge is 0.240 e. The Morgan fingerprint density at radius 2 is 1.91 bits per heavy atom. The van der Waals surface area contributed by atoms with Crippen LogP contribution < -0.4 is 5.32 Å². The second-order valence-corrected chi connectivity index (χ2v) is 5.61. The number of hydrogen-bond donors (Lipinski definition) is 1. The summed E-state index contributed by atoms with van der Waals surface area (Å²) in [5.74, 6) is 0.175. The van der Waals surface area contributed by atoms with E-state index in [1.165, 1.54) is 11.1 Å². The molecule has 1 atom stereocenters. The molecule has 1 aromatic heterocycles. The summed E-state index contributed by atoms with van der Waals surface area (Å²) in [4.78, 5) is 18.7. The number of nitrogens with one attached hydrogen (secondary N) is 1. The highest BCUT2D eigenvalue weighted by atomic mass is 35.5. The van der Waals surface area contributed by atoms with Crippen LogP contribution in [0.1, 0.15) is 23.6 Å². The fourth-order valence-corrected chi connectivity index (χ4v) is 2.90. The second-order valence-electron chi connectivity index (χ2n) is 5.61. The molecule has 2 heterocycles. The molecule has 1 aromatic carbocycles. The average molecular weight is 332 g/mol. The van der Waals surface area contributed by atoms with E-state index in [0.29, 0.717) is 13.1 Å². The van der Waals surface area contributed by atoms with Crippen LogP contribution in [0.3, 0.4) is 0 Å². The number of carbonyl (C=O) groups excluding carboxylic acids is 1. The van der Waals surface area contributed by atoms with Gasteiger partial charge in [-0.3, -0.25) is 9.78 Å². The van der Waals surface area contributed by atoms with Crippen molar-refractivity contribution in [3.05, 3.63) is 65.5 Å². The normalized spacial score (nSPS) is 16.1. The van der Waals surface area contributed by atoms with Gasteiger partial charge < -0.3 is 10.2 Å². The third-order valence-corrected chi connectivity index (χ3v) is 4.20. The van der Waals surface area contributed by atoms with E-state index in [1.54, 1.807) is 12.4 Å². The van der Waals surface area contributed by atoms with E-state index in [1.807, 2.05) is 36.1 Å². The lowest BCUT2D eigenvalue weighted by molar-refractivity contribution is -0.134. The number of pyridine rings is 1. The number of amides is 1. The Morgan fingerprint density at radius 3 is 2.61 bits per heavy atom. The zero-order valence-corrected chi connectivity index (χ0v) is 14.1. The van der Waals surface area contributed by atoms with E-state index in [-0.39, 0.29) is 24.4 Å². The lowest BCUT2D eigenvalue weighted by Crippen LogP contribution is -2.49. The van der Waals surface area contributed by atoms with Gasteiger partial charge in [-0.25, -0.2) is 0 Å². The Morgan fingerprint density at radius 1 is 1.22 bits per heavy atom. The van der Waals surface area contributed by atoms with E-state index in [0.717, 1.165) is 18.5 Å². The van der Waals surface area contributed by atoms with Crippen molar-refractivity contribution in [3.8, 4) is 0 Å². The van der Waals surface area contributed by atoms with Gasteiger partial charge in [-0.05, 0) is 42.2 Å². The number of hydrogen-bond acceptors (Lipinski definition) is 3. The summed E-state index contributed by atoms with van der Waals surface area (Å²) in [5, 5.41) is 3.37. The molecule has 23 heavy (non-hydrogen) atoms. The quantitative estimate of drug-likeness (QED) is 0.936. The molecule has 1 N–H and O–H groups in total. The summed E-state index contributed by atoms with van der Waals surface area (Å²) in [5.41, 5.74) is 3.68. The van der Waals surface area contributed by atoms with Crippen molar-refractivity contribution in [2.45, 2.75) is 32.5 Å². The Balaban J connectivity index is 0.00000192. The second kappa shape index (κ2) is 8.09. The van der Waals surface area contributed by atoms with Gasteiger partial charge in [0.15, 0.2) is 0 Å². The molecule has 1 amide bonds. The number of aromatic nitrogens is 1. The van der Waals surface area contributed by atoms with E-state index in [9.17, 15) is 4.79 Å². The highest BCUT2D eigenvalue weighted by Crippen LogP contribution is 2.18. The number of nitrogens with zero attached hydrogens (tertiary/aromatic N) is 2. The van der Waals surface area contributed by atoms with Crippen LogP contribution in [0.5, 0.6) is 0 Å². The van der Waals surface area contributed by atoms with Gasteiger partial charge >= 0.3 is 0 Å². The highest BCUT2D eigenvalue weighted by Gasteiger charge is 2.27. The maximum absolute atomic E-state index is 12.8. The predicted molar refractivity (Wildman–Crippen MR) is 93.3 cm³/mol. The maximum Gasteiger partial charge on any atom is 0.240 e. The molecular weight excluding hydrogens is 310 g/mol. The number of fused-ring (bicyclic) bond motifs is 1. The molecule has 0 radical (unpaired) electrons. The molecule has 0 spiro atoms. The number of carbonyl (C=O) groups is 1. The first-order chi connectivity index (χ1) is 10.8. The van der Waals surface area contributed by atoms with Crippen LogP contribution in [0.2, 0.25) is 0 Å². The fraction of sp³-hybridized carbons (Fsp3) is 0.333. The minimum absolute atomic E-state index is 0. The van der Waals surface area contributed by atoms with Gasteiger partial charge in [0.2, 0.25) is 5.91 Å². The van der Waals surface area contributed by atoms with Gasteiger partial charge in [0.25, 0.3) is 0 Å². The van der Waals surface area contributed by atoms with E-state index in [4.69, 9.17) is 0 Å². The van der Waals surface area contributed by atoms with Crippen molar-refractivity contribution in [2.75, 3.05) is 6.54 Å². The van der Waals surface area contributed by atoms with Gasteiger partial charge in [0.05, 0.1) is 6.04 Å². The zero-order chi connectivity index (χ0) is 15.4. The number of rotatable bonds is 4. The molecule has 0 aliphatic carbocycles. The van der Waals surface area contributed by atoms with Gasteiger partial charge in [-0.1, -0.05) is 24.3 Å². The van der Waals surface area contributed by atoms with E-state index in [2.05, 4.69) is 22.4 Å². The fourth-order valence-electron chi connectivity index (χ4n) is 2.90. The Labute approximate surface area is 143 Å². The van der Waals surface area contributed by atoms with Gasteiger partial charge in [-0.15, -0.1) is 12.4 Å². The Bertz CT molecular complexity index is 644. The highest BCUT2D eigenvalue weighted by molar-refractivity contribution is 5.85. The molecule has 1 aliphatic heterocycles. The largest absolute Gasteiger partial charge is 0.337 e. The summed E-state index contributed by atoms with van der Waals surface area (Å²) in [7, 11) is 0. The van der Waals surface area contributed by atoms with Crippen molar-refractivity contribution >= 4 is 18.3 Å². The van der Waals surface area contributed by atoms with Gasteiger partial charge in [0.1, 0.15) is 0 Å². The monoisotopic (exact) mass is 331 g/mol. The van der Waals surface area contributed by atoms with Crippen molar-refractivity contribution in [2.24, 2.45) is 0 Å². The first-order valence-corrected chi connectivity index (χ1v) is 7.75. The minimum Gasteiger partial charge on any atom is -0.337 e. The molecule has 122 valence electrons. The molecule has 1 aliphatic rings. The van der Waals surface area contributed by atoms with Crippen LogP contribution in [-0.2, 0) is 24.3 Å². The van der Waals surface area contributed by atoms with Crippen LogP contribution in [0, 0.1) is 0 Å². The molecule has 4 nitrogen and oxygen atoms in total. The zero-order valence-electron chi connectivity index (χ0n) is 13.2. The molecular formula is C18H22ClN3O. The van der Waals surface area contributed by atoms with Gasteiger partial charge in [0, 0.05) is 32.0 Å². The van der Waals surface area contributed by atoms with E-state index >= 15 is 0 Å². The molecule has 0 bridgehead atoms. The summed E-state index contributed by atoms with van der Waals surface area (Å²) in [6.07, 6.45) is 4.30. The van der Waals surface area contributed by atoms with Crippen LogP contribution >= 0.6 is 12.4 Å². The summed E-state index contributed by atoms with van der Waals surface area (Å²) < 4.78 is 0. The van der Waals surface area contributed by atoms with Crippen LogP contribution in [-0.4, -0.2) is 28.4 Å². The Kier molecular flexibility index (Phi) is 6.13. The minimum atomic E-state index is -0.128. The summed E-state index contributed by atoms with van der Waals surface area (Å²) in [6, 6.07) is 12.1. The van der Waals surface area contributed by atoms with Crippen LogP contribution in [0.15, 0.2) is 48.8 Å². The molecule has 1 unspecified atom stereocenters. The SMILES string of the molecule is CCN(Cc1ccncc1)C(=O)C1Cc2ccccc2CN1.Cl. The third kappa shape index (κ3) is 4.09. The lowest BCUT2D eigenvalue weighted by Gasteiger charge is -2.30. The maximum atomic E-state index is 12.8. The molecule has 0 saturated carbocycles. The molecule has 0 fully saturated rings. The predicted octanol–water partition coefficient (Wildman–Crippen LogP) is 2.57. The van der Waals surface area contributed by atoms with Crippen LogP contribution in [0.4, 0.5) is 0 Å². The van der Waals surface area contributed by atoms with Crippen LogP contribution in [0.25, 0.3) is 0 Å². The first kappa shape index (κ1) is 17.4. The molecule has 0 saturated heterocycles.